The number of hydrogen-bond donors (Lipinski definition) is 0. The van der Waals surface area contributed by atoms with Crippen LogP contribution < -0.4 is 9.64 Å². The lowest BCUT2D eigenvalue weighted by Gasteiger charge is -2.39. The SMILES string of the molecule is CC1(C)CCN(C(=O)C2=Cc3cc(F)ccc3OC2)c2ccccc21. The summed E-state index contributed by atoms with van der Waals surface area (Å²) in [5.41, 5.74) is 3.33. The molecule has 128 valence electrons. The first-order valence-electron chi connectivity index (χ1n) is 8.50. The second-order valence-electron chi connectivity index (χ2n) is 7.25. The molecule has 0 atom stereocenters. The number of nitrogens with zero attached hydrogens (tertiary/aromatic N) is 1. The minimum atomic E-state index is -0.336. The third kappa shape index (κ3) is 2.72. The van der Waals surface area contributed by atoms with E-state index in [0.29, 0.717) is 23.4 Å². The zero-order valence-electron chi connectivity index (χ0n) is 14.4. The highest BCUT2D eigenvalue weighted by Crippen LogP contribution is 2.40. The summed E-state index contributed by atoms with van der Waals surface area (Å²) >= 11 is 0. The van der Waals surface area contributed by atoms with E-state index in [4.69, 9.17) is 4.74 Å². The Hall–Kier alpha value is -2.62. The number of rotatable bonds is 1. The van der Waals surface area contributed by atoms with Crippen LogP contribution in [-0.2, 0) is 10.2 Å². The molecule has 0 saturated carbocycles. The lowest BCUT2D eigenvalue weighted by molar-refractivity contribution is -0.115. The normalized spacial score (nSPS) is 17.9. The largest absolute Gasteiger partial charge is 0.488 e. The Balaban J connectivity index is 1.71. The maximum atomic E-state index is 13.5. The van der Waals surface area contributed by atoms with Crippen molar-refractivity contribution in [3.8, 4) is 5.75 Å². The van der Waals surface area contributed by atoms with E-state index in [0.717, 1.165) is 12.1 Å². The molecule has 0 saturated heterocycles. The average Bonchev–Trinajstić information content (AvgIpc) is 2.61. The van der Waals surface area contributed by atoms with Gasteiger partial charge >= 0.3 is 0 Å². The first-order chi connectivity index (χ1) is 12.0. The summed E-state index contributed by atoms with van der Waals surface area (Å²) in [6.07, 6.45) is 2.64. The number of para-hydroxylation sites is 1. The summed E-state index contributed by atoms with van der Waals surface area (Å²) in [5, 5.41) is 0. The van der Waals surface area contributed by atoms with Crippen molar-refractivity contribution in [2.45, 2.75) is 25.7 Å². The van der Waals surface area contributed by atoms with Crippen molar-refractivity contribution in [1.82, 2.24) is 0 Å². The van der Waals surface area contributed by atoms with Crippen LogP contribution in [0.2, 0.25) is 0 Å². The molecule has 0 bridgehead atoms. The Morgan fingerprint density at radius 2 is 2.00 bits per heavy atom. The topological polar surface area (TPSA) is 29.5 Å². The van der Waals surface area contributed by atoms with Gasteiger partial charge in [-0.05, 0) is 47.7 Å². The number of fused-ring (bicyclic) bond motifs is 2. The summed E-state index contributed by atoms with van der Waals surface area (Å²) < 4.78 is 19.1. The Kier molecular flexibility index (Phi) is 3.64. The number of anilines is 1. The Bertz CT molecular complexity index is 885. The number of halogens is 1. The van der Waals surface area contributed by atoms with Crippen molar-refractivity contribution in [2.24, 2.45) is 0 Å². The first kappa shape index (κ1) is 15.9. The minimum absolute atomic E-state index is 0.0422. The lowest BCUT2D eigenvalue weighted by atomic mass is 9.77. The lowest BCUT2D eigenvalue weighted by Crippen LogP contribution is -2.42. The fraction of sp³-hybridized carbons (Fsp3) is 0.286. The van der Waals surface area contributed by atoms with Crippen molar-refractivity contribution in [1.29, 1.82) is 0 Å². The second kappa shape index (κ2) is 5.73. The van der Waals surface area contributed by atoms with Gasteiger partial charge in [-0.1, -0.05) is 32.0 Å². The van der Waals surface area contributed by atoms with Gasteiger partial charge in [0.1, 0.15) is 18.2 Å². The molecule has 0 spiro atoms. The van der Waals surface area contributed by atoms with Gasteiger partial charge in [-0.2, -0.15) is 0 Å². The molecule has 4 heteroatoms. The molecule has 25 heavy (non-hydrogen) atoms. The van der Waals surface area contributed by atoms with E-state index in [1.165, 1.54) is 17.7 Å². The van der Waals surface area contributed by atoms with Gasteiger partial charge in [-0.3, -0.25) is 4.79 Å². The van der Waals surface area contributed by atoms with Crippen molar-refractivity contribution in [3.05, 3.63) is 65.0 Å². The van der Waals surface area contributed by atoms with Gasteiger partial charge in [0.25, 0.3) is 5.91 Å². The van der Waals surface area contributed by atoms with E-state index in [-0.39, 0.29) is 23.7 Å². The molecule has 0 N–H and O–H groups in total. The predicted molar refractivity (Wildman–Crippen MR) is 96.3 cm³/mol. The molecular formula is C21H20FNO2. The number of carbonyl (C=O) groups is 1. The maximum Gasteiger partial charge on any atom is 0.257 e. The van der Waals surface area contributed by atoms with Gasteiger partial charge in [-0.25, -0.2) is 4.39 Å². The van der Waals surface area contributed by atoms with Crippen molar-refractivity contribution >= 4 is 17.7 Å². The van der Waals surface area contributed by atoms with Gasteiger partial charge in [0, 0.05) is 17.8 Å². The van der Waals surface area contributed by atoms with Crippen LogP contribution in [0.4, 0.5) is 10.1 Å². The molecule has 2 aliphatic heterocycles. The van der Waals surface area contributed by atoms with Gasteiger partial charge in [0.2, 0.25) is 0 Å². The van der Waals surface area contributed by atoms with Crippen LogP contribution >= 0.6 is 0 Å². The molecule has 0 fully saturated rings. The number of ether oxygens (including phenoxy) is 1. The fourth-order valence-electron chi connectivity index (χ4n) is 3.58. The summed E-state index contributed by atoms with van der Waals surface area (Å²) in [6, 6.07) is 12.4. The van der Waals surface area contributed by atoms with Crippen LogP contribution in [0.25, 0.3) is 6.08 Å². The number of benzene rings is 2. The highest BCUT2D eigenvalue weighted by molar-refractivity contribution is 6.09. The molecule has 2 heterocycles. The van der Waals surface area contributed by atoms with Gasteiger partial charge in [-0.15, -0.1) is 0 Å². The standard InChI is InChI=1S/C21H20FNO2/c1-21(2)9-10-23(18-6-4-3-5-17(18)21)20(24)15-11-14-12-16(22)7-8-19(14)25-13-15/h3-8,11-12H,9-10,13H2,1-2H3. The van der Waals surface area contributed by atoms with Crippen LogP contribution in [-0.4, -0.2) is 19.1 Å². The monoisotopic (exact) mass is 337 g/mol. The molecular weight excluding hydrogens is 317 g/mol. The second-order valence-corrected chi connectivity index (χ2v) is 7.25. The molecule has 2 aliphatic rings. The first-order valence-corrected chi connectivity index (χ1v) is 8.50. The zero-order chi connectivity index (χ0) is 17.6. The van der Waals surface area contributed by atoms with E-state index < -0.39 is 0 Å². The summed E-state index contributed by atoms with van der Waals surface area (Å²) in [4.78, 5) is 14.9. The van der Waals surface area contributed by atoms with E-state index >= 15 is 0 Å². The molecule has 0 unspecified atom stereocenters. The van der Waals surface area contributed by atoms with E-state index in [1.54, 1.807) is 12.1 Å². The minimum Gasteiger partial charge on any atom is -0.488 e. The summed E-state index contributed by atoms with van der Waals surface area (Å²) in [6.45, 7) is 5.28. The molecule has 2 aromatic rings. The summed E-state index contributed by atoms with van der Waals surface area (Å²) in [5.74, 6) is 0.202. The van der Waals surface area contributed by atoms with Gasteiger partial charge in [0.05, 0.1) is 5.57 Å². The molecule has 3 nitrogen and oxygen atoms in total. The van der Waals surface area contributed by atoms with Crippen LogP contribution in [0.5, 0.6) is 5.75 Å². The smallest absolute Gasteiger partial charge is 0.257 e. The van der Waals surface area contributed by atoms with Crippen LogP contribution in [0.1, 0.15) is 31.4 Å². The zero-order valence-corrected chi connectivity index (χ0v) is 14.4. The van der Waals surface area contributed by atoms with Crippen LogP contribution in [0, 0.1) is 5.82 Å². The number of amides is 1. The average molecular weight is 337 g/mol. The number of hydrogen-bond acceptors (Lipinski definition) is 2. The van der Waals surface area contributed by atoms with Gasteiger partial charge < -0.3 is 9.64 Å². The molecule has 2 aromatic carbocycles. The molecule has 1 amide bonds. The van der Waals surface area contributed by atoms with E-state index in [1.807, 2.05) is 23.1 Å². The Labute approximate surface area is 146 Å². The van der Waals surface area contributed by atoms with Crippen LogP contribution in [0.3, 0.4) is 0 Å². The van der Waals surface area contributed by atoms with Crippen LogP contribution in [0.15, 0.2) is 48.0 Å². The van der Waals surface area contributed by atoms with Crippen molar-refractivity contribution < 1.29 is 13.9 Å². The van der Waals surface area contributed by atoms with E-state index in [2.05, 4.69) is 19.9 Å². The molecule has 0 aliphatic carbocycles. The van der Waals surface area contributed by atoms with Crippen molar-refractivity contribution in [3.63, 3.8) is 0 Å². The summed E-state index contributed by atoms with van der Waals surface area (Å²) in [7, 11) is 0. The number of carbonyl (C=O) groups excluding carboxylic acids is 1. The molecule has 0 aromatic heterocycles. The quantitative estimate of drug-likeness (QED) is 0.776. The maximum absolute atomic E-state index is 13.5. The Morgan fingerprint density at radius 1 is 1.20 bits per heavy atom. The molecule has 4 rings (SSSR count). The Morgan fingerprint density at radius 3 is 2.84 bits per heavy atom. The highest BCUT2D eigenvalue weighted by Gasteiger charge is 2.34. The molecule has 0 radical (unpaired) electrons. The third-order valence-electron chi connectivity index (χ3n) is 5.09. The van der Waals surface area contributed by atoms with E-state index in [9.17, 15) is 9.18 Å². The van der Waals surface area contributed by atoms with Gasteiger partial charge in [0.15, 0.2) is 0 Å². The van der Waals surface area contributed by atoms with Crippen molar-refractivity contribution in [2.75, 3.05) is 18.1 Å². The third-order valence-corrected chi connectivity index (χ3v) is 5.09. The predicted octanol–water partition coefficient (Wildman–Crippen LogP) is 4.32. The fourth-order valence-corrected chi connectivity index (χ4v) is 3.58. The highest BCUT2D eigenvalue weighted by atomic mass is 19.1.